The molecule has 8 nitrogen and oxygen atoms in total. The van der Waals surface area contributed by atoms with Crippen molar-refractivity contribution in [2.75, 3.05) is 24.9 Å². The molecule has 0 radical (unpaired) electrons. The fourth-order valence-corrected chi connectivity index (χ4v) is 5.63. The van der Waals surface area contributed by atoms with E-state index >= 15 is 0 Å². The van der Waals surface area contributed by atoms with Gasteiger partial charge in [0.1, 0.15) is 11.5 Å². The molecule has 0 aliphatic heterocycles. The predicted molar refractivity (Wildman–Crippen MR) is 190 cm³/mol. The minimum Gasteiger partial charge on any atom is -0.497 e. The van der Waals surface area contributed by atoms with Crippen molar-refractivity contribution in [2.24, 2.45) is 0 Å². The molecule has 0 spiro atoms. The maximum atomic E-state index is 14.0. The van der Waals surface area contributed by atoms with E-state index in [1.54, 1.807) is 38.5 Å². The van der Waals surface area contributed by atoms with E-state index in [2.05, 4.69) is 10.6 Å². The molecule has 0 bridgehead atoms. The van der Waals surface area contributed by atoms with E-state index in [1.807, 2.05) is 109 Å². The van der Waals surface area contributed by atoms with Gasteiger partial charge in [0.15, 0.2) is 0 Å². The molecule has 0 aliphatic rings. The lowest BCUT2D eigenvalue weighted by molar-refractivity contribution is 0.101. The van der Waals surface area contributed by atoms with Crippen molar-refractivity contribution in [3.05, 3.63) is 145 Å². The molecular formula is C40H30N4O4. The van der Waals surface area contributed by atoms with Crippen molar-refractivity contribution in [3.8, 4) is 34.0 Å². The Hall–Kier alpha value is -6.54. The van der Waals surface area contributed by atoms with E-state index in [0.29, 0.717) is 55.7 Å². The third kappa shape index (κ3) is 6.02. The summed E-state index contributed by atoms with van der Waals surface area (Å²) in [7, 11) is 3.23. The summed E-state index contributed by atoms with van der Waals surface area (Å²) in [4.78, 5) is 37.5. The number of benzene rings is 5. The number of rotatable bonds is 8. The molecule has 2 N–H and O–H groups in total. The lowest BCUT2D eigenvalue weighted by Gasteiger charge is -2.15. The van der Waals surface area contributed by atoms with Gasteiger partial charge in [-0.15, -0.1) is 0 Å². The van der Waals surface area contributed by atoms with Gasteiger partial charge in [-0.25, -0.2) is 9.97 Å². The standard InChI is InChI=1S/C40H30N4O4/c1-47-27-19-15-25(16-20-27)37-23-31(29-9-3-5-11-33(29)41-37)39(45)43-35-13-7-8-14-36(35)44-40(46)32-24-38(26-17-21-28(48-2)22-18-26)42-34-12-6-4-10-30(32)34/h3-24H,1-2H3,(H,43,45)(H,44,46). The predicted octanol–water partition coefficient (Wildman–Crippen LogP) is 8.64. The Morgan fingerprint density at radius 1 is 0.500 bits per heavy atom. The normalized spacial score (nSPS) is 10.9. The third-order valence-electron chi connectivity index (χ3n) is 8.12. The van der Waals surface area contributed by atoms with Gasteiger partial charge in [-0.05, 0) is 84.9 Å². The number of carbonyl (C=O) groups is 2. The van der Waals surface area contributed by atoms with E-state index in [0.717, 1.165) is 22.6 Å². The fraction of sp³-hybridized carbons (Fsp3) is 0.0500. The van der Waals surface area contributed by atoms with Crippen LogP contribution in [0.4, 0.5) is 11.4 Å². The number of fused-ring (bicyclic) bond motifs is 2. The van der Waals surface area contributed by atoms with E-state index in [4.69, 9.17) is 19.4 Å². The molecule has 0 saturated carbocycles. The molecule has 0 saturated heterocycles. The maximum Gasteiger partial charge on any atom is 0.256 e. The van der Waals surface area contributed by atoms with Crippen LogP contribution >= 0.6 is 0 Å². The Kier molecular flexibility index (Phi) is 8.20. The molecule has 7 aromatic rings. The second kappa shape index (κ2) is 13.1. The molecule has 8 heteroatoms. The number of carbonyl (C=O) groups excluding carboxylic acids is 2. The Morgan fingerprint density at radius 2 is 0.875 bits per heavy atom. The SMILES string of the molecule is COc1ccc(-c2cc(C(=O)Nc3ccccc3NC(=O)c3cc(-c4ccc(OC)cc4)nc4ccccc34)c3ccccc3n2)cc1. The van der Waals surface area contributed by atoms with Crippen molar-refractivity contribution >= 4 is 45.0 Å². The van der Waals surface area contributed by atoms with Gasteiger partial charge in [0, 0.05) is 21.9 Å². The Balaban J connectivity index is 1.21. The number of aromatic nitrogens is 2. The van der Waals surface area contributed by atoms with Gasteiger partial charge >= 0.3 is 0 Å². The number of hydrogen-bond donors (Lipinski definition) is 2. The zero-order valence-electron chi connectivity index (χ0n) is 26.2. The smallest absolute Gasteiger partial charge is 0.256 e. The molecule has 2 amide bonds. The van der Waals surface area contributed by atoms with Crippen LogP contribution in [-0.4, -0.2) is 36.0 Å². The van der Waals surface area contributed by atoms with Crippen LogP contribution < -0.4 is 20.1 Å². The summed E-state index contributed by atoms with van der Waals surface area (Å²) in [6, 6.07) is 40.8. The summed E-state index contributed by atoms with van der Waals surface area (Å²) >= 11 is 0. The van der Waals surface area contributed by atoms with Crippen LogP contribution in [0.1, 0.15) is 20.7 Å². The van der Waals surface area contributed by atoms with E-state index in [9.17, 15) is 9.59 Å². The molecule has 0 unspecified atom stereocenters. The van der Waals surface area contributed by atoms with Gasteiger partial charge < -0.3 is 20.1 Å². The van der Waals surface area contributed by atoms with Crippen LogP contribution in [0, 0.1) is 0 Å². The van der Waals surface area contributed by atoms with E-state index in [-0.39, 0.29) is 11.8 Å². The summed E-state index contributed by atoms with van der Waals surface area (Å²) in [5.74, 6) is 0.795. The first-order valence-electron chi connectivity index (χ1n) is 15.3. The van der Waals surface area contributed by atoms with Gasteiger partial charge in [-0.3, -0.25) is 9.59 Å². The van der Waals surface area contributed by atoms with Crippen LogP contribution in [0.15, 0.2) is 133 Å². The summed E-state index contributed by atoms with van der Waals surface area (Å²) in [6.45, 7) is 0. The number of pyridine rings is 2. The Labute approximate surface area is 277 Å². The zero-order valence-corrected chi connectivity index (χ0v) is 26.2. The molecule has 5 aromatic carbocycles. The first-order valence-corrected chi connectivity index (χ1v) is 15.3. The number of nitrogens with one attached hydrogen (secondary N) is 2. The third-order valence-corrected chi connectivity index (χ3v) is 8.12. The van der Waals surface area contributed by atoms with Crippen molar-refractivity contribution in [1.82, 2.24) is 9.97 Å². The second-order valence-electron chi connectivity index (χ2n) is 11.1. The van der Waals surface area contributed by atoms with Crippen LogP contribution in [0.25, 0.3) is 44.3 Å². The van der Waals surface area contributed by atoms with Crippen molar-refractivity contribution in [2.45, 2.75) is 0 Å². The monoisotopic (exact) mass is 630 g/mol. The average Bonchev–Trinajstić information content (AvgIpc) is 3.14. The van der Waals surface area contributed by atoms with Gasteiger partial charge in [0.2, 0.25) is 0 Å². The van der Waals surface area contributed by atoms with Gasteiger partial charge in [0.25, 0.3) is 11.8 Å². The van der Waals surface area contributed by atoms with Crippen molar-refractivity contribution < 1.29 is 19.1 Å². The quantitative estimate of drug-likeness (QED) is 0.174. The molecule has 2 heterocycles. The summed E-state index contributed by atoms with van der Waals surface area (Å²) in [6.07, 6.45) is 0. The number of methoxy groups -OCH3 is 2. The number of anilines is 2. The van der Waals surface area contributed by atoms with Crippen LogP contribution in [-0.2, 0) is 0 Å². The van der Waals surface area contributed by atoms with Gasteiger partial charge in [-0.2, -0.15) is 0 Å². The van der Waals surface area contributed by atoms with Crippen LogP contribution in [0.3, 0.4) is 0 Å². The molecule has 2 aromatic heterocycles. The summed E-state index contributed by atoms with van der Waals surface area (Å²) < 4.78 is 10.6. The molecule has 0 aliphatic carbocycles. The lowest BCUT2D eigenvalue weighted by Crippen LogP contribution is -2.17. The largest absolute Gasteiger partial charge is 0.497 e. The molecule has 0 atom stereocenters. The first kappa shape index (κ1) is 30.1. The van der Waals surface area contributed by atoms with E-state index in [1.165, 1.54) is 0 Å². The van der Waals surface area contributed by atoms with Crippen molar-refractivity contribution in [1.29, 1.82) is 0 Å². The summed E-state index contributed by atoms with van der Waals surface area (Å²) in [5.41, 5.74) is 6.20. The highest BCUT2D eigenvalue weighted by molar-refractivity contribution is 6.17. The number of nitrogens with zero attached hydrogens (tertiary/aromatic N) is 2. The Bertz CT molecular complexity index is 2140. The van der Waals surface area contributed by atoms with E-state index < -0.39 is 0 Å². The highest BCUT2D eigenvalue weighted by Gasteiger charge is 2.19. The highest BCUT2D eigenvalue weighted by atomic mass is 16.5. The van der Waals surface area contributed by atoms with Crippen LogP contribution in [0.5, 0.6) is 11.5 Å². The highest BCUT2D eigenvalue weighted by Crippen LogP contribution is 2.30. The fourth-order valence-electron chi connectivity index (χ4n) is 5.63. The second-order valence-corrected chi connectivity index (χ2v) is 11.1. The van der Waals surface area contributed by atoms with Gasteiger partial charge in [0.05, 0.1) is 59.1 Å². The minimum atomic E-state index is -0.332. The van der Waals surface area contributed by atoms with Crippen LogP contribution in [0.2, 0.25) is 0 Å². The maximum absolute atomic E-state index is 14.0. The van der Waals surface area contributed by atoms with Gasteiger partial charge in [-0.1, -0.05) is 48.5 Å². The number of para-hydroxylation sites is 4. The molecular weight excluding hydrogens is 600 g/mol. The molecule has 234 valence electrons. The lowest BCUT2D eigenvalue weighted by atomic mass is 10.0. The summed E-state index contributed by atoms with van der Waals surface area (Å²) in [5, 5.41) is 7.49. The molecule has 7 rings (SSSR count). The zero-order chi connectivity index (χ0) is 33.0. The average molecular weight is 631 g/mol. The molecule has 0 fully saturated rings. The van der Waals surface area contributed by atoms with Crippen molar-refractivity contribution in [3.63, 3.8) is 0 Å². The Morgan fingerprint density at radius 3 is 1.27 bits per heavy atom. The minimum absolute atomic E-state index is 0.332. The number of amides is 2. The first-order chi connectivity index (χ1) is 23.5. The molecule has 48 heavy (non-hydrogen) atoms. The number of hydrogen-bond acceptors (Lipinski definition) is 6. The number of ether oxygens (including phenoxy) is 2. The topological polar surface area (TPSA) is 102 Å².